The van der Waals surface area contributed by atoms with E-state index in [1.807, 2.05) is 0 Å². The quantitative estimate of drug-likeness (QED) is 0.604. The van der Waals surface area contributed by atoms with E-state index in [0.717, 1.165) is 0 Å². The van der Waals surface area contributed by atoms with Gasteiger partial charge in [0.1, 0.15) is 0 Å². The molecule has 72 valence electrons. The molecule has 0 spiro atoms. The number of alkyl halides is 1. The van der Waals surface area contributed by atoms with E-state index in [2.05, 4.69) is 0 Å². The van der Waals surface area contributed by atoms with Gasteiger partial charge >= 0.3 is 0 Å². The SMILES string of the molecule is O=S(=O)(Cl)c1ccc(Cl)cc1CCl. The fourth-order valence-electron chi connectivity index (χ4n) is 0.890. The lowest BCUT2D eigenvalue weighted by Crippen LogP contribution is -1.95. The van der Waals surface area contributed by atoms with Gasteiger partial charge in [0.15, 0.2) is 0 Å². The summed E-state index contributed by atoms with van der Waals surface area (Å²) >= 11 is 11.2. The summed E-state index contributed by atoms with van der Waals surface area (Å²) in [6.45, 7) is 0. The van der Waals surface area contributed by atoms with Crippen molar-refractivity contribution in [2.45, 2.75) is 10.8 Å². The molecule has 0 aliphatic heterocycles. The molecule has 0 fully saturated rings. The number of hydrogen-bond acceptors (Lipinski definition) is 2. The minimum atomic E-state index is -3.73. The van der Waals surface area contributed by atoms with Gasteiger partial charge in [-0.2, -0.15) is 0 Å². The lowest BCUT2D eigenvalue weighted by Gasteiger charge is -2.02. The van der Waals surface area contributed by atoms with Gasteiger partial charge in [0.05, 0.1) is 4.90 Å². The molecule has 0 aliphatic carbocycles. The van der Waals surface area contributed by atoms with Gasteiger partial charge in [-0.1, -0.05) is 11.6 Å². The maximum absolute atomic E-state index is 11.0. The van der Waals surface area contributed by atoms with E-state index in [1.54, 1.807) is 0 Å². The van der Waals surface area contributed by atoms with Crippen LogP contribution in [0.25, 0.3) is 0 Å². The fraction of sp³-hybridized carbons (Fsp3) is 0.143. The van der Waals surface area contributed by atoms with Gasteiger partial charge in [-0.05, 0) is 23.8 Å². The van der Waals surface area contributed by atoms with Crippen molar-refractivity contribution in [3.05, 3.63) is 28.8 Å². The van der Waals surface area contributed by atoms with Gasteiger partial charge in [-0.15, -0.1) is 11.6 Å². The predicted molar refractivity (Wildman–Crippen MR) is 54.0 cm³/mol. The van der Waals surface area contributed by atoms with Crippen molar-refractivity contribution in [1.82, 2.24) is 0 Å². The zero-order valence-corrected chi connectivity index (χ0v) is 9.38. The van der Waals surface area contributed by atoms with Crippen LogP contribution in [0.4, 0.5) is 0 Å². The first-order valence-electron chi connectivity index (χ1n) is 3.24. The van der Waals surface area contributed by atoms with Gasteiger partial charge < -0.3 is 0 Å². The van der Waals surface area contributed by atoms with Crippen LogP contribution in [-0.2, 0) is 14.9 Å². The molecular formula is C7H5Cl3O2S. The van der Waals surface area contributed by atoms with Crippen LogP contribution in [-0.4, -0.2) is 8.42 Å². The fourth-order valence-corrected chi connectivity index (χ4v) is 2.51. The van der Waals surface area contributed by atoms with Crippen molar-refractivity contribution < 1.29 is 8.42 Å². The molecule has 0 bridgehead atoms. The van der Waals surface area contributed by atoms with E-state index in [9.17, 15) is 8.42 Å². The van der Waals surface area contributed by atoms with Crippen LogP contribution in [0.1, 0.15) is 5.56 Å². The zero-order chi connectivity index (χ0) is 10.1. The van der Waals surface area contributed by atoms with Crippen LogP contribution in [0, 0.1) is 0 Å². The molecule has 1 aromatic carbocycles. The Morgan fingerprint density at radius 3 is 2.38 bits per heavy atom. The summed E-state index contributed by atoms with van der Waals surface area (Å²) in [7, 11) is 1.43. The average molecular weight is 260 g/mol. The highest BCUT2D eigenvalue weighted by atomic mass is 35.7. The van der Waals surface area contributed by atoms with E-state index in [-0.39, 0.29) is 10.8 Å². The lowest BCUT2D eigenvalue weighted by atomic mass is 10.2. The molecule has 0 saturated carbocycles. The third-order valence-corrected chi connectivity index (χ3v) is 3.37. The molecule has 0 heterocycles. The highest BCUT2D eigenvalue weighted by Crippen LogP contribution is 2.24. The first-order valence-corrected chi connectivity index (χ1v) is 6.46. The third kappa shape index (κ3) is 2.74. The summed E-state index contributed by atoms with van der Waals surface area (Å²) in [4.78, 5) is 0.00793. The molecule has 0 aliphatic rings. The molecule has 0 radical (unpaired) electrons. The van der Waals surface area contributed by atoms with Gasteiger partial charge in [0.25, 0.3) is 9.05 Å². The molecule has 0 amide bonds. The van der Waals surface area contributed by atoms with Crippen LogP contribution in [0.5, 0.6) is 0 Å². The number of hydrogen-bond donors (Lipinski definition) is 0. The van der Waals surface area contributed by atoms with E-state index in [0.29, 0.717) is 10.6 Å². The zero-order valence-electron chi connectivity index (χ0n) is 6.30. The van der Waals surface area contributed by atoms with E-state index < -0.39 is 9.05 Å². The molecule has 0 N–H and O–H groups in total. The Kier molecular flexibility index (Phi) is 3.46. The van der Waals surface area contributed by atoms with Crippen molar-refractivity contribution in [1.29, 1.82) is 0 Å². The summed E-state index contributed by atoms with van der Waals surface area (Å²) in [5.41, 5.74) is 0.407. The Labute approximate surface area is 90.8 Å². The molecule has 0 saturated heterocycles. The standard InChI is InChI=1S/C7H5Cl3O2S/c8-4-5-3-6(9)1-2-7(5)13(10,11)12/h1-3H,4H2. The van der Waals surface area contributed by atoms with E-state index >= 15 is 0 Å². The third-order valence-electron chi connectivity index (χ3n) is 1.43. The monoisotopic (exact) mass is 258 g/mol. The Bertz CT molecular complexity index is 414. The highest BCUT2D eigenvalue weighted by Gasteiger charge is 2.14. The summed E-state index contributed by atoms with van der Waals surface area (Å²) in [5, 5.41) is 0.430. The maximum atomic E-state index is 11.0. The van der Waals surface area contributed by atoms with Crippen LogP contribution in [0.2, 0.25) is 5.02 Å². The number of halogens is 3. The summed E-state index contributed by atoms with van der Waals surface area (Å²) in [5.74, 6) is 0.0574. The van der Waals surface area contributed by atoms with Crippen LogP contribution >= 0.6 is 33.9 Å². The second kappa shape index (κ2) is 4.05. The molecular weight excluding hydrogens is 255 g/mol. The summed E-state index contributed by atoms with van der Waals surface area (Å²) in [6, 6.07) is 4.26. The van der Waals surface area contributed by atoms with E-state index in [1.165, 1.54) is 18.2 Å². The van der Waals surface area contributed by atoms with Gasteiger partial charge in [-0.3, -0.25) is 0 Å². The summed E-state index contributed by atoms with van der Waals surface area (Å²) < 4.78 is 22.0. The molecule has 0 aromatic heterocycles. The molecule has 6 heteroatoms. The first kappa shape index (κ1) is 11.1. The van der Waals surface area contributed by atoms with Crippen molar-refractivity contribution >= 4 is 42.9 Å². The molecule has 0 unspecified atom stereocenters. The number of rotatable bonds is 2. The van der Waals surface area contributed by atoms with Crippen LogP contribution in [0.15, 0.2) is 23.1 Å². The minimum Gasteiger partial charge on any atom is -0.207 e. The molecule has 13 heavy (non-hydrogen) atoms. The Hall–Kier alpha value is 0.0400. The smallest absolute Gasteiger partial charge is 0.207 e. The topological polar surface area (TPSA) is 34.1 Å². The Morgan fingerprint density at radius 1 is 1.31 bits per heavy atom. The van der Waals surface area contributed by atoms with Gasteiger partial charge in [0, 0.05) is 21.6 Å². The Morgan fingerprint density at radius 2 is 1.92 bits per heavy atom. The van der Waals surface area contributed by atoms with Crippen molar-refractivity contribution in [2.24, 2.45) is 0 Å². The second-order valence-electron chi connectivity index (χ2n) is 2.32. The maximum Gasteiger partial charge on any atom is 0.261 e. The Balaban J connectivity index is 3.39. The van der Waals surface area contributed by atoms with Gasteiger partial charge in [-0.25, -0.2) is 8.42 Å². The summed E-state index contributed by atoms with van der Waals surface area (Å²) in [6.07, 6.45) is 0. The van der Waals surface area contributed by atoms with Crippen LogP contribution < -0.4 is 0 Å². The molecule has 1 rings (SSSR count). The normalized spacial score (nSPS) is 11.6. The van der Waals surface area contributed by atoms with Crippen molar-refractivity contribution in [3.8, 4) is 0 Å². The minimum absolute atomic E-state index is 0.00793. The second-order valence-corrected chi connectivity index (χ2v) is 5.56. The van der Waals surface area contributed by atoms with Gasteiger partial charge in [0.2, 0.25) is 0 Å². The largest absolute Gasteiger partial charge is 0.261 e. The van der Waals surface area contributed by atoms with Crippen LogP contribution in [0.3, 0.4) is 0 Å². The molecule has 2 nitrogen and oxygen atoms in total. The van der Waals surface area contributed by atoms with Crippen molar-refractivity contribution in [3.63, 3.8) is 0 Å². The predicted octanol–water partition coefficient (Wildman–Crippen LogP) is 3.01. The molecule has 1 aromatic rings. The van der Waals surface area contributed by atoms with E-state index in [4.69, 9.17) is 33.9 Å². The number of benzene rings is 1. The first-order chi connectivity index (χ1) is 5.95. The molecule has 0 atom stereocenters. The average Bonchev–Trinajstić information content (AvgIpc) is 2.01. The van der Waals surface area contributed by atoms with Crippen molar-refractivity contribution in [2.75, 3.05) is 0 Å². The highest BCUT2D eigenvalue weighted by molar-refractivity contribution is 8.13. The lowest BCUT2D eigenvalue weighted by molar-refractivity contribution is 0.609.